The molecule has 0 unspecified atom stereocenters. The summed E-state index contributed by atoms with van der Waals surface area (Å²) in [5.41, 5.74) is 0.902. The summed E-state index contributed by atoms with van der Waals surface area (Å²) in [5.74, 6) is 0. The summed E-state index contributed by atoms with van der Waals surface area (Å²) in [7, 11) is 1.80. The number of alkyl halides is 1. The lowest BCUT2D eigenvalue weighted by molar-refractivity contribution is 0.138. The molecular formula is C12H15BrN4O. The molecule has 3 rings (SSSR count). The Morgan fingerprint density at radius 2 is 2.28 bits per heavy atom. The van der Waals surface area contributed by atoms with E-state index in [1.807, 2.05) is 0 Å². The Kier molecular flexibility index (Phi) is 2.77. The fourth-order valence-corrected chi connectivity index (χ4v) is 3.29. The minimum Gasteiger partial charge on any atom is -0.298 e. The molecule has 18 heavy (non-hydrogen) atoms. The molecule has 1 aliphatic carbocycles. The largest absolute Gasteiger partial charge is 0.298 e. The van der Waals surface area contributed by atoms with Crippen molar-refractivity contribution in [3.05, 3.63) is 22.9 Å². The van der Waals surface area contributed by atoms with Crippen LogP contribution < -0.4 is 5.56 Å². The fourth-order valence-electron chi connectivity index (χ4n) is 2.55. The number of halogens is 1. The van der Waals surface area contributed by atoms with Gasteiger partial charge in [0, 0.05) is 18.9 Å². The zero-order chi connectivity index (χ0) is 12.8. The molecule has 96 valence electrons. The highest BCUT2D eigenvalue weighted by Gasteiger charge is 2.36. The molecule has 0 N–H and O–H groups in total. The van der Waals surface area contributed by atoms with Crippen molar-refractivity contribution < 1.29 is 0 Å². The highest BCUT2D eigenvalue weighted by molar-refractivity contribution is 9.09. The molecule has 0 aromatic carbocycles. The van der Waals surface area contributed by atoms with Gasteiger partial charge in [-0.15, -0.1) is 0 Å². The van der Waals surface area contributed by atoms with Crippen molar-refractivity contribution in [2.75, 3.05) is 5.33 Å². The second-order valence-corrected chi connectivity index (χ2v) is 5.73. The van der Waals surface area contributed by atoms with Gasteiger partial charge in [-0.25, -0.2) is 4.98 Å². The van der Waals surface area contributed by atoms with Gasteiger partial charge >= 0.3 is 0 Å². The van der Waals surface area contributed by atoms with Crippen LogP contribution in [0.15, 0.2) is 17.3 Å². The Labute approximate surface area is 113 Å². The van der Waals surface area contributed by atoms with Gasteiger partial charge in [0.2, 0.25) is 0 Å². The molecule has 2 heterocycles. The first kappa shape index (κ1) is 11.9. The summed E-state index contributed by atoms with van der Waals surface area (Å²) in [6.45, 7) is 0.745. The topological polar surface area (TPSA) is 52.7 Å². The lowest BCUT2D eigenvalue weighted by Crippen LogP contribution is -2.39. The van der Waals surface area contributed by atoms with Gasteiger partial charge in [-0.2, -0.15) is 5.10 Å². The second kappa shape index (κ2) is 4.19. The molecule has 0 bridgehead atoms. The van der Waals surface area contributed by atoms with Crippen LogP contribution in [0.3, 0.4) is 0 Å². The van der Waals surface area contributed by atoms with E-state index in [9.17, 15) is 4.79 Å². The normalized spacial score (nSPS) is 17.9. The molecule has 6 heteroatoms. The van der Waals surface area contributed by atoms with Gasteiger partial charge in [0.1, 0.15) is 5.39 Å². The summed E-state index contributed by atoms with van der Waals surface area (Å²) in [6.07, 6.45) is 6.85. The number of hydrogen-bond acceptors (Lipinski definition) is 3. The van der Waals surface area contributed by atoms with E-state index >= 15 is 0 Å². The van der Waals surface area contributed by atoms with E-state index < -0.39 is 0 Å². The Morgan fingerprint density at radius 1 is 1.50 bits per heavy atom. The van der Waals surface area contributed by atoms with E-state index in [4.69, 9.17) is 0 Å². The third kappa shape index (κ3) is 1.70. The predicted octanol–water partition coefficient (Wildman–Crippen LogP) is 1.70. The lowest BCUT2D eigenvalue weighted by Gasteiger charge is -2.40. The first-order chi connectivity index (χ1) is 8.65. The smallest absolute Gasteiger partial charge is 0.264 e. The molecule has 0 radical (unpaired) electrons. The van der Waals surface area contributed by atoms with Crippen molar-refractivity contribution in [1.29, 1.82) is 0 Å². The van der Waals surface area contributed by atoms with Crippen molar-refractivity contribution in [3.8, 4) is 0 Å². The number of aryl methyl sites for hydroxylation is 1. The third-order valence-corrected chi connectivity index (χ3v) is 5.11. The van der Waals surface area contributed by atoms with E-state index in [-0.39, 0.29) is 11.0 Å². The highest BCUT2D eigenvalue weighted by Crippen LogP contribution is 2.43. The molecule has 1 aliphatic rings. The number of aromatic nitrogens is 4. The van der Waals surface area contributed by atoms with Crippen LogP contribution in [-0.2, 0) is 13.6 Å². The monoisotopic (exact) mass is 310 g/mol. The maximum atomic E-state index is 12.3. The summed E-state index contributed by atoms with van der Waals surface area (Å²) >= 11 is 3.57. The number of hydrogen-bond donors (Lipinski definition) is 0. The van der Waals surface area contributed by atoms with Crippen molar-refractivity contribution >= 4 is 27.0 Å². The molecule has 2 aromatic rings. The molecule has 2 aromatic heterocycles. The molecular weight excluding hydrogens is 296 g/mol. The minimum absolute atomic E-state index is 0.0142. The molecule has 0 aliphatic heterocycles. The third-order valence-electron chi connectivity index (χ3n) is 3.92. The van der Waals surface area contributed by atoms with Gasteiger partial charge in [-0.3, -0.25) is 14.0 Å². The molecule has 1 saturated carbocycles. The maximum absolute atomic E-state index is 12.3. The SMILES string of the molecule is Cn1ncc2c(=O)n(CC3(CBr)CCC3)cnc21. The van der Waals surface area contributed by atoms with Crippen LogP contribution in [0.25, 0.3) is 11.0 Å². The highest BCUT2D eigenvalue weighted by atomic mass is 79.9. The van der Waals surface area contributed by atoms with Crippen LogP contribution in [0, 0.1) is 5.41 Å². The van der Waals surface area contributed by atoms with Gasteiger partial charge < -0.3 is 0 Å². The van der Waals surface area contributed by atoms with Crippen LogP contribution in [-0.4, -0.2) is 24.7 Å². The van der Waals surface area contributed by atoms with E-state index in [0.717, 1.165) is 11.9 Å². The first-order valence-corrected chi connectivity index (χ1v) is 7.20. The van der Waals surface area contributed by atoms with Crippen molar-refractivity contribution in [1.82, 2.24) is 19.3 Å². The van der Waals surface area contributed by atoms with Gasteiger partial charge in [-0.05, 0) is 18.3 Å². The Bertz CT molecular complexity index is 636. The average molecular weight is 311 g/mol. The van der Waals surface area contributed by atoms with E-state index in [1.54, 1.807) is 28.8 Å². The summed E-state index contributed by atoms with van der Waals surface area (Å²) in [4.78, 5) is 16.7. The standard InChI is InChI=1S/C12H15BrN4O/c1-16-10-9(5-15-16)11(18)17(8-14-10)7-12(6-13)3-2-4-12/h5,8H,2-4,6-7H2,1H3. The zero-order valence-electron chi connectivity index (χ0n) is 10.3. The molecule has 0 spiro atoms. The van der Waals surface area contributed by atoms with Crippen LogP contribution in [0.4, 0.5) is 0 Å². The van der Waals surface area contributed by atoms with Gasteiger partial charge in [-0.1, -0.05) is 22.4 Å². The van der Waals surface area contributed by atoms with Gasteiger partial charge in [0.05, 0.1) is 12.5 Å². The molecule has 0 atom stereocenters. The van der Waals surface area contributed by atoms with Crippen molar-refractivity contribution in [3.63, 3.8) is 0 Å². The Morgan fingerprint density at radius 3 is 2.89 bits per heavy atom. The van der Waals surface area contributed by atoms with Crippen LogP contribution in [0.2, 0.25) is 0 Å². The number of fused-ring (bicyclic) bond motifs is 1. The quantitative estimate of drug-likeness (QED) is 0.811. The van der Waals surface area contributed by atoms with Gasteiger partial charge in [0.25, 0.3) is 5.56 Å². The molecule has 0 saturated heterocycles. The summed E-state index contributed by atoms with van der Waals surface area (Å²) in [6, 6.07) is 0. The Hall–Kier alpha value is -1.17. The Balaban J connectivity index is 2.03. The van der Waals surface area contributed by atoms with Gasteiger partial charge in [0.15, 0.2) is 5.65 Å². The fraction of sp³-hybridized carbons (Fsp3) is 0.583. The first-order valence-electron chi connectivity index (χ1n) is 6.08. The van der Waals surface area contributed by atoms with Crippen LogP contribution >= 0.6 is 15.9 Å². The van der Waals surface area contributed by atoms with Crippen molar-refractivity contribution in [2.24, 2.45) is 12.5 Å². The van der Waals surface area contributed by atoms with Crippen LogP contribution in [0.5, 0.6) is 0 Å². The molecule has 5 nitrogen and oxygen atoms in total. The predicted molar refractivity (Wildman–Crippen MR) is 72.8 cm³/mol. The summed E-state index contributed by atoms with van der Waals surface area (Å²) < 4.78 is 3.36. The average Bonchev–Trinajstić information content (AvgIpc) is 2.69. The van der Waals surface area contributed by atoms with E-state index in [1.165, 1.54) is 19.3 Å². The lowest BCUT2D eigenvalue weighted by atomic mass is 9.70. The number of nitrogens with zero attached hydrogens (tertiary/aromatic N) is 4. The maximum Gasteiger partial charge on any atom is 0.264 e. The second-order valence-electron chi connectivity index (χ2n) is 5.17. The number of rotatable bonds is 3. The molecule has 0 amide bonds. The minimum atomic E-state index is 0.0142. The summed E-state index contributed by atoms with van der Waals surface area (Å²) in [5, 5.41) is 5.62. The molecule has 1 fully saturated rings. The zero-order valence-corrected chi connectivity index (χ0v) is 11.9. The van der Waals surface area contributed by atoms with Crippen LogP contribution in [0.1, 0.15) is 19.3 Å². The van der Waals surface area contributed by atoms with E-state index in [0.29, 0.717) is 11.0 Å². The van der Waals surface area contributed by atoms with E-state index in [2.05, 4.69) is 26.0 Å². The van der Waals surface area contributed by atoms with Crippen molar-refractivity contribution in [2.45, 2.75) is 25.8 Å².